The number of aliphatic imine (C=N–C) groups is 1. The van der Waals surface area contributed by atoms with Gasteiger partial charge in [0.1, 0.15) is 12.4 Å². The zero-order valence-corrected chi connectivity index (χ0v) is 21.7. The van der Waals surface area contributed by atoms with Crippen molar-refractivity contribution in [2.75, 3.05) is 45.3 Å². The monoisotopic (exact) mass is 536 g/mol. The van der Waals surface area contributed by atoms with Crippen LogP contribution in [0, 0.1) is 18.6 Å². The molecule has 39 heavy (non-hydrogen) atoms. The molecule has 2 N–H and O–H groups in total. The van der Waals surface area contributed by atoms with Crippen LogP contribution in [0.2, 0.25) is 0 Å². The molecular weight excluding hydrogens is 506 g/mol. The molecule has 2 aliphatic rings. The molecular formula is C28H30F2N6O3. The lowest BCUT2D eigenvalue weighted by Crippen LogP contribution is -2.42. The third kappa shape index (κ3) is 5.78. The van der Waals surface area contributed by atoms with E-state index in [1.807, 2.05) is 43.3 Å². The fourth-order valence-electron chi connectivity index (χ4n) is 4.85. The Labute approximate surface area is 225 Å². The highest BCUT2D eigenvalue weighted by molar-refractivity contribution is 5.90. The molecule has 1 aromatic heterocycles. The van der Waals surface area contributed by atoms with E-state index in [9.17, 15) is 13.6 Å². The van der Waals surface area contributed by atoms with Crippen LogP contribution in [-0.4, -0.2) is 72.9 Å². The lowest BCUT2D eigenvalue weighted by molar-refractivity contribution is 0.143. The van der Waals surface area contributed by atoms with Crippen molar-refractivity contribution in [2.24, 2.45) is 4.99 Å². The third-order valence-electron chi connectivity index (χ3n) is 6.84. The molecule has 1 fully saturated rings. The summed E-state index contributed by atoms with van der Waals surface area (Å²) in [6.07, 6.45) is 3.79. The number of urea groups is 1. The normalized spacial score (nSPS) is 18.4. The van der Waals surface area contributed by atoms with Gasteiger partial charge in [0, 0.05) is 32.3 Å². The van der Waals surface area contributed by atoms with Crippen LogP contribution in [-0.2, 0) is 4.74 Å². The first-order valence-electron chi connectivity index (χ1n) is 12.7. The fourth-order valence-corrected chi connectivity index (χ4v) is 4.85. The Morgan fingerprint density at radius 3 is 2.64 bits per heavy atom. The van der Waals surface area contributed by atoms with Crippen LogP contribution in [0.25, 0.3) is 5.69 Å². The van der Waals surface area contributed by atoms with Crippen LogP contribution in [0.15, 0.2) is 65.3 Å². The molecule has 0 spiro atoms. The van der Waals surface area contributed by atoms with E-state index in [0.29, 0.717) is 55.7 Å². The molecule has 204 valence electrons. The van der Waals surface area contributed by atoms with Gasteiger partial charge in [0.2, 0.25) is 5.88 Å². The molecule has 0 radical (unpaired) electrons. The molecule has 5 rings (SSSR count). The van der Waals surface area contributed by atoms with E-state index in [1.165, 1.54) is 6.07 Å². The van der Waals surface area contributed by atoms with Gasteiger partial charge < -0.3 is 19.7 Å². The first-order valence-corrected chi connectivity index (χ1v) is 12.7. The largest absolute Gasteiger partial charge is 0.474 e. The number of likely N-dealkylation sites (tertiary alicyclic amines) is 1. The van der Waals surface area contributed by atoms with Gasteiger partial charge in [0.25, 0.3) is 0 Å². The molecule has 2 aliphatic heterocycles. The van der Waals surface area contributed by atoms with Crippen LogP contribution >= 0.6 is 0 Å². The minimum Gasteiger partial charge on any atom is -0.474 e. The zero-order chi connectivity index (χ0) is 27.4. The number of halogens is 2. The first kappa shape index (κ1) is 26.4. The molecule has 9 nitrogen and oxygen atoms in total. The minimum absolute atomic E-state index is 0.270. The molecule has 11 heteroatoms. The van der Waals surface area contributed by atoms with Gasteiger partial charge in [-0.15, -0.1) is 5.10 Å². The van der Waals surface area contributed by atoms with Gasteiger partial charge in [-0.05, 0) is 42.8 Å². The number of carbonyl (C=O) groups is 1. The number of rotatable bonds is 9. The number of anilines is 1. The number of para-hydroxylation sites is 1. The van der Waals surface area contributed by atoms with Crippen LogP contribution < -0.4 is 15.4 Å². The van der Waals surface area contributed by atoms with Crippen LogP contribution in [0.5, 0.6) is 5.88 Å². The highest BCUT2D eigenvalue weighted by atomic mass is 19.2. The summed E-state index contributed by atoms with van der Waals surface area (Å²) in [5.74, 6) is -1.26. The summed E-state index contributed by atoms with van der Waals surface area (Å²) in [5.41, 5.74) is 2.96. The number of benzene rings is 2. The quantitative estimate of drug-likeness (QED) is 0.403. The summed E-state index contributed by atoms with van der Waals surface area (Å²) in [5, 5.41) is 10.6. The Morgan fingerprint density at radius 2 is 1.92 bits per heavy atom. The molecule has 0 unspecified atom stereocenters. The Morgan fingerprint density at radius 1 is 1.10 bits per heavy atom. The summed E-state index contributed by atoms with van der Waals surface area (Å²) >= 11 is 0. The predicted octanol–water partition coefficient (Wildman–Crippen LogP) is 4.04. The molecule has 0 aliphatic carbocycles. The SMILES string of the molecule is COCCOc1nn(-c2ccccc2)c(NC(=O)N[C@@H]2CN(C3=CCN=C3)C[C@H]2c2ccc(F)c(F)c2)c1C. The average molecular weight is 537 g/mol. The van der Waals surface area contributed by atoms with Crippen molar-refractivity contribution in [3.63, 3.8) is 0 Å². The molecule has 2 aromatic carbocycles. The number of methoxy groups -OCH3 is 1. The Kier molecular flexibility index (Phi) is 7.87. The molecule has 0 saturated carbocycles. The van der Waals surface area contributed by atoms with Gasteiger partial charge in [-0.25, -0.2) is 18.3 Å². The van der Waals surface area contributed by atoms with Crippen molar-refractivity contribution in [1.82, 2.24) is 20.0 Å². The van der Waals surface area contributed by atoms with E-state index < -0.39 is 17.7 Å². The lowest BCUT2D eigenvalue weighted by Gasteiger charge is -2.21. The van der Waals surface area contributed by atoms with Crippen LogP contribution in [0.1, 0.15) is 17.0 Å². The Balaban J connectivity index is 1.39. The second-order valence-electron chi connectivity index (χ2n) is 9.38. The van der Waals surface area contributed by atoms with Gasteiger partial charge >= 0.3 is 6.03 Å². The fraction of sp³-hybridized carbons (Fsp3) is 0.321. The highest BCUT2D eigenvalue weighted by Gasteiger charge is 2.36. The Hall–Kier alpha value is -4.25. The van der Waals surface area contributed by atoms with Crippen LogP contribution in [0.3, 0.4) is 0 Å². The number of hydrogen-bond donors (Lipinski definition) is 2. The smallest absolute Gasteiger partial charge is 0.320 e. The predicted molar refractivity (Wildman–Crippen MR) is 144 cm³/mol. The second kappa shape index (κ2) is 11.6. The molecule has 2 atom stereocenters. The summed E-state index contributed by atoms with van der Waals surface area (Å²) in [6, 6.07) is 12.4. The molecule has 0 bridgehead atoms. The maximum absolute atomic E-state index is 14.1. The number of nitrogens with one attached hydrogen (secondary N) is 2. The average Bonchev–Trinajstić information content (AvgIpc) is 3.68. The summed E-state index contributed by atoms with van der Waals surface area (Å²) in [6.45, 7) is 4.12. The first-order chi connectivity index (χ1) is 18.9. The van der Waals surface area contributed by atoms with E-state index >= 15 is 0 Å². The van der Waals surface area contributed by atoms with E-state index in [2.05, 4.69) is 25.6 Å². The number of nitrogens with zero attached hydrogens (tertiary/aromatic N) is 4. The van der Waals surface area contributed by atoms with Gasteiger partial charge in [0.15, 0.2) is 11.6 Å². The summed E-state index contributed by atoms with van der Waals surface area (Å²) < 4.78 is 40.2. The number of carbonyl (C=O) groups excluding carboxylic acids is 1. The van der Waals surface area contributed by atoms with Crippen molar-refractivity contribution in [1.29, 1.82) is 0 Å². The summed E-state index contributed by atoms with van der Waals surface area (Å²) in [4.78, 5) is 19.7. The number of allylic oxidation sites excluding steroid dienone is 1. The van der Waals surface area contributed by atoms with Gasteiger partial charge in [-0.2, -0.15) is 0 Å². The Bertz CT molecular complexity index is 1390. The highest BCUT2D eigenvalue weighted by Crippen LogP contribution is 2.32. The standard InChI is InChI=1S/C28H30F2N6O3/c1-18-26(36(20-6-4-3-5-7-20)34-27(18)39-13-12-38-2)33-28(37)32-25-17-35(21-10-11-31-15-21)16-22(25)19-8-9-23(29)24(30)14-19/h3-10,14-15,22,25H,11-13,16-17H2,1-2H3,(H2,32,33,37)/t22-,25+/m0/s1. The number of aromatic nitrogens is 2. The third-order valence-corrected chi connectivity index (χ3v) is 6.84. The molecule has 2 amide bonds. The topological polar surface area (TPSA) is 93.0 Å². The molecule has 3 aromatic rings. The van der Waals surface area contributed by atoms with Crippen molar-refractivity contribution in [3.05, 3.63) is 83.1 Å². The second-order valence-corrected chi connectivity index (χ2v) is 9.38. The number of ether oxygens (including phenoxy) is 2. The van der Waals surface area contributed by atoms with Crippen molar-refractivity contribution < 1.29 is 23.0 Å². The minimum atomic E-state index is -0.917. The van der Waals surface area contributed by atoms with Crippen molar-refractivity contribution >= 4 is 18.1 Å². The van der Waals surface area contributed by atoms with Gasteiger partial charge in [-0.3, -0.25) is 10.3 Å². The summed E-state index contributed by atoms with van der Waals surface area (Å²) in [7, 11) is 1.59. The van der Waals surface area contributed by atoms with Crippen molar-refractivity contribution in [3.8, 4) is 11.6 Å². The van der Waals surface area contributed by atoms with E-state index in [4.69, 9.17) is 9.47 Å². The zero-order valence-electron chi connectivity index (χ0n) is 21.7. The van der Waals surface area contributed by atoms with Gasteiger partial charge in [-0.1, -0.05) is 24.3 Å². The van der Waals surface area contributed by atoms with E-state index in [-0.39, 0.29) is 12.0 Å². The van der Waals surface area contributed by atoms with E-state index in [0.717, 1.165) is 17.5 Å². The maximum Gasteiger partial charge on any atom is 0.320 e. The number of amides is 2. The van der Waals surface area contributed by atoms with Crippen molar-refractivity contribution in [2.45, 2.75) is 18.9 Å². The lowest BCUT2D eigenvalue weighted by atomic mass is 9.94. The molecule has 3 heterocycles. The molecule has 1 saturated heterocycles. The number of hydrogen-bond acceptors (Lipinski definition) is 6. The van der Waals surface area contributed by atoms with E-state index in [1.54, 1.807) is 24.1 Å². The van der Waals surface area contributed by atoms with Crippen LogP contribution in [0.4, 0.5) is 19.4 Å². The maximum atomic E-state index is 14.1. The van der Waals surface area contributed by atoms with Gasteiger partial charge in [0.05, 0.1) is 36.1 Å².